The smallest absolute Gasteiger partial charge is 0.249 e. The van der Waals surface area contributed by atoms with Gasteiger partial charge in [0, 0.05) is 0 Å². The topological polar surface area (TPSA) is 94.0 Å². The summed E-state index contributed by atoms with van der Waals surface area (Å²) in [6, 6.07) is 8.69. The van der Waals surface area contributed by atoms with Gasteiger partial charge < -0.3 is 15.2 Å². The Morgan fingerprint density at radius 2 is 1.90 bits per heavy atom. The molecule has 2 aromatic rings. The monoisotopic (exact) mass is 270 g/mol. The molecule has 0 bridgehead atoms. The Labute approximate surface area is 116 Å². The molecule has 1 aromatic heterocycles. The Kier molecular flexibility index (Phi) is 4.35. The lowest BCUT2D eigenvalue weighted by Crippen LogP contribution is -2.04. The highest BCUT2D eigenvalue weighted by Crippen LogP contribution is 2.30. The first-order valence-corrected chi connectivity index (χ1v) is 6.16. The van der Waals surface area contributed by atoms with Crippen molar-refractivity contribution in [3.8, 4) is 23.6 Å². The predicted octanol–water partition coefficient (Wildman–Crippen LogP) is 2.51. The molecule has 1 aromatic carbocycles. The molecule has 6 nitrogen and oxygen atoms in total. The summed E-state index contributed by atoms with van der Waals surface area (Å²) in [4.78, 5) is 7.95. The van der Waals surface area contributed by atoms with E-state index in [4.69, 9.17) is 20.5 Å². The summed E-state index contributed by atoms with van der Waals surface area (Å²) < 4.78 is 11.0. The van der Waals surface area contributed by atoms with Crippen LogP contribution in [0.5, 0.6) is 17.5 Å². The first-order chi connectivity index (χ1) is 9.74. The van der Waals surface area contributed by atoms with Crippen molar-refractivity contribution in [2.75, 3.05) is 12.3 Å². The van der Waals surface area contributed by atoms with E-state index in [1.54, 1.807) is 24.3 Å². The zero-order valence-corrected chi connectivity index (χ0v) is 11.0. The van der Waals surface area contributed by atoms with Crippen LogP contribution in [0.25, 0.3) is 0 Å². The maximum absolute atomic E-state index is 8.73. The SMILES string of the molecule is CCCOc1ncnc(Oc2ccc(C#N)cc2)c1N. The quantitative estimate of drug-likeness (QED) is 0.897. The Balaban J connectivity index is 2.18. The first-order valence-electron chi connectivity index (χ1n) is 6.16. The van der Waals surface area contributed by atoms with Gasteiger partial charge in [0.15, 0.2) is 5.69 Å². The number of nitrogens with zero attached hydrogens (tertiary/aromatic N) is 3. The molecule has 2 N–H and O–H groups in total. The van der Waals surface area contributed by atoms with Gasteiger partial charge in [-0.25, -0.2) is 0 Å². The van der Waals surface area contributed by atoms with E-state index < -0.39 is 0 Å². The molecule has 0 atom stereocenters. The summed E-state index contributed by atoms with van der Waals surface area (Å²) >= 11 is 0. The van der Waals surface area contributed by atoms with Crippen LogP contribution in [0.15, 0.2) is 30.6 Å². The van der Waals surface area contributed by atoms with E-state index in [2.05, 4.69) is 9.97 Å². The Morgan fingerprint density at radius 3 is 2.55 bits per heavy atom. The molecule has 0 saturated heterocycles. The van der Waals surface area contributed by atoms with Gasteiger partial charge in [0.1, 0.15) is 12.1 Å². The summed E-state index contributed by atoms with van der Waals surface area (Å²) in [7, 11) is 0. The van der Waals surface area contributed by atoms with Crippen LogP contribution in [-0.2, 0) is 0 Å². The van der Waals surface area contributed by atoms with Crippen LogP contribution in [0.2, 0.25) is 0 Å². The number of aromatic nitrogens is 2. The molecule has 0 fully saturated rings. The Hall–Kier alpha value is -2.81. The van der Waals surface area contributed by atoms with Crippen molar-refractivity contribution < 1.29 is 9.47 Å². The maximum atomic E-state index is 8.73. The van der Waals surface area contributed by atoms with Crippen LogP contribution in [0.1, 0.15) is 18.9 Å². The molecular weight excluding hydrogens is 256 g/mol. The van der Waals surface area contributed by atoms with Crippen molar-refractivity contribution in [1.29, 1.82) is 5.26 Å². The van der Waals surface area contributed by atoms with E-state index in [9.17, 15) is 0 Å². The summed E-state index contributed by atoms with van der Waals surface area (Å²) in [6.07, 6.45) is 2.19. The lowest BCUT2D eigenvalue weighted by molar-refractivity contribution is 0.304. The van der Waals surface area contributed by atoms with Crippen molar-refractivity contribution in [1.82, 2.24) is 9.97 Å². The minimum atomic E-state index is 0.232. The van der Waals surface area contributed by atoms with Gasteiger partial charge in [-0.05, 0) is 30.7 Å². The average molecular weight is 270 g/mol. The normalized spacial score (nSPS) is 9.80. The van der Waals surface area contributed by atoms with Gasteiger partial charge >= 0.3 is 0 Å². The maximum Gasteiger partial charge on any atom is 0.249 e. The van der Waals surface area contributed by atoms with Crippen molar-refractivity contribution in [3.63, 3.8) is 0 Å². The fourth-order valence-electron chi connectivity index (χ4n) is 1.47. The van der Waals surface area contributed by atoms with Gasteiger partial charge in [0.05, 0.1) is 18.2 Å². The van der Waals surface area contributed by atoms with Gasteiger partial charge in [-0.2, -0.15) is 15.2 Å². The number of anilines is 1. The van der Waals surface area contributed by atoms with Crippen molar-refractivity contribution >= 4 is 5.69 Å². The zero-order valence-electron chi connectivity index (χ0n) is 11.0. The number of hydrogen-bond donors (Lipinski definition) is 1. The highest BCUT2D eigenvalue weighted by Gasteiger charge is 2.11. The third-order valence-electron chi connectivity index (χ3n) is 2.45. The Bertz CT molecular complexity index is 620. The third-order valence-corrected chi connectivity index (χ3v) is 2.45. The van der Waals surface area contributed by atoms with Gasteiger partial charge in [0.2, 0.25) is 11.8 Å². The molecule has 1 heterocycles. The largest absolute Gasteiger partial charge is 0.476 e. The molecule has 0 spiro atoms. The summed E-state index contributed by atoms with van der Waals surface area (Å²) in [5.74, 6) is 1.08. The second-order valence-electron chi connectivity index (χ2n) is 3.98. The van der Waals surface area contributed by atoms with Gasteiger partial charge in [-0.15, -0.1) is 0 Å². The van der Waals surface area contributed by atoms with Crippen LogP contribution in [0.4, 0.5) is 5.69 Å². The number of nitrogens with two attached hydrogens (primary N) is 1. The molecule has 0 saturated carbocycles. The van der Waals surface area contributed by atoms with E-state index in [1.807, 2.05) is 13.0 Å². The standard InChI is InChI=1S/C14H14N4O2/c1-2-7-19-13-12(16)14(18-9-17-13)20-11-5-3-10(8-15)4-6-11/h3-6,9H,2,7,16H2,1H3. The van der Waals surface area contributed by atoms with Gasteiger partial charge in [-0.1, -0.05) is 6.92 Å². The molecule has 0 unspecified atom stereocenters. The second kappa shape index (κ2) is 6.38. The fourth-order valence-corrected chi connectivity index (χ4v) is 1.47. The number of rotatable bonds is 5. The first kappa shape index (κ1) is 13.6. The van der Waals surface area contributed by atoms with Crippen molar-refractivity contribution in [2.24, 2.45) is 0 Å². The summed E-state index contributed by atoms with van der Waals surface area (Å²) in [5.41, 5.74) is 6.71. The summed E-state index contributed by atoms with van der Waals surface area (Å²) in [6.45, 7) is 2.52. The zero-order chi connectivity index (χ0) is 14.4. The number of hydrogen-bond acceptors (Lipinski definition) is 6. The number of nitriles is 1. The van der Waals surface area contributed by atoms with Crippen LogP contribution in [-0.4, -0.2) is 16.6 Å². The van der Waals surface area contributed by atoms with Crippen LogP contribution in [0.3, 0.4) is 0 Å². The minimum absolute atomic E-state index is 0.232. The van der Waals surface area contributed by atoms with E-state index in [0.29, 0.717) is 23.8 Å². The average Bonchev–Trinajstić information content (AvgIpc) is 2.49. The van der Waals surface area contributed by atoms with E-state index >= 15 is 0 Å². The predicted molar refractivity (Wildman–Crippen MR) is 73.5 cm³/mol. The molecule has 0 amide bonds. The summed E-state index contributed by atoms with van der Waals surface area (Å²) in [5, 5.41) is 8.73. The van der Waals surface area contributed by atoms with Crippen LogP contribution < -0.4 is 15.2 Å². The molecule has 0 radical (unpaired) electrons. The number of nitrogen functional groups attached to an aromatic ring is 1. The number of ether oxygens (including phenoxy) is 2. The van der Waals surface area contributed by atoms with Crippen molar-refractivity contribution in [2.45, 2.75) is 13.3 Å². The molecule has 0 aliphatic rings. The molecule has 20 heavy (non-hydrogen) atoms. The van der Waals surface area contributed by atoms with Crippen LogP contribution >= 0.6 is 0 Å². The molecular formula is C14H14N4O2. The highest BCUT2D eigenvalue weighted by atomic mass is 16.5. The second-order valence-corrected chi connectivity index (χ2v) is 3.98. The molecule has 0 aliphatic carbocycles. The fraction of sp³-hybridized carbons (Fsp3) is 0.214. The van der Waals surface area contributed by atoms with Crippen molar-refractivity contribution in [3.05, 3.63) is 36.2 Å². The minimum Gasteiger partial charge on any atom is -0.476 e. The lowest BCUT2D eigenvalue weighted by Gasteiger charge is -2.10. The van der Waals surface area contributed by atoms with E-state index in [-0.39, 0.29) is 11.6 Å². The highest BCUT2D eigenvalue weighted by molar-refractivity contribution is 5.56. The van der Waals surface area contributed by atoms with E-state index in [1.165, 1.54) is 6.33 Å². The Morgan fingerprint density at radius 1 is 1.20 bits per heavy atom. The van der Waals surface area contributed by atoms with Gasteiger partial charge in [-0.3, -0.25) is 0 Å². The molecule has 6 heteroatoms. The van der Waals surface area contributed by atoms with Crippen LogP contribution in [0, 0.1) is 11.3 Å². The van der Waals surface area contributed by atoms with E-state index in [0.717, 1.165) is 6.42 Å². The molecule has 0 aliphatic heterocycles. The third kappa shape index (κ3) is 3.14. The molecule has 2 rings (SSSR count). The molecule has 102 valence electrons. The number of benzene rings is 1. The van der Waals surface area contributed by atoms with Gasteiger partial charge in [0.25, 0.3) is 0 Å². The lowest BCUT2D eigenvalue weighted by atomic mass is 10.2.